The number of anilines is 1. The first-order chi connectivity index (χ1) is 13.3. The minimum absolute atomic E-state index is 0.320. The average Bonchev–Trinajstić information content (AvgIpc) is 3.20. The summed E-state index contributed by atoms with van der Waals surface area (Å²) >= 11 is 0. The van der Waals surface area contributed by atoms with Crippen LogP contribution < -0.4 is 29.2 Å². The Balaban J connectivity index is 1.30. The van der Waals surface area contributed by atoms with E-state index in [0.29, 0.717) is 12.8 Å². The summed E-state index contributed by atoms with van der Waals surface area (Å²) in [6, 6.07) is 12.8. The van der Waals surface area contributed by atoms with Gasteiger partial charge in [-0.1, -0.05) is 6.07 Å². The summed E-state index contributed by atoms with van der Waals surface area (Å²) in [6.45, 7) is 3.21. The third kappa shape index (κ3) is 3.90. The molecule has 2 aliphatic heterocycles. The monoisotopic (exact) mass is 370 g/mol. The Morgan fingerprint density at radius 1 is 0.963 bits per heavy atom. The van der Waals surface area contributed by atoms with Gasteiger partial charge >= 0.3 is 0 Å². The zero-order chi connectivity index (χ0) is 18.6. The first-order valence-corrected chi connectivity index (χ1v) is 9.35. The molecule has 0 saturated carbocycles. The van der Waals surface area contributed by atoms with Crippen LogP contribution in [0, 0.1) is 0 Å². The van der Waals surface area contributed by atoms with Crippen LogP contribution >= 0.6 is 0 Å². The Morgan fingerprint density at radius 2 is 1.74 bits per heavy atom. The van der Waals surface area contributed by atoms with Crippen LogP contribution in [0.5, 0.6) is 23.0 Å². The van der Waals surface area contributed by atoms with E-state index in [-0.39, 0.29) is 0 Å². The number of hydrogen-bond donors (Lipinski definition) is 1. The zero-order valence-corrected chi connectivity index (χ0v) is 15.9. The normalized spacial score (nSPS) is 16.4. The fourth-order valence-corrected chi connectivity index (χ4v) is 3.68. The number of nitrogens with one attached hydrogen (secondary N) is 1. The van der Waals surface area contributed by atoms with E-state index in [1.807, 2.05) is 18.2 Å². The van der Waals surface area contributed by atoms with Gasteiger partial charge in [-0.25, -0.2) is 0 Å². The van der Waals surface area contributed by atoms with Gasteiger partial charge in [0.15, 0.2) is 23.0 Å². The molecule has 1 N–H and O–H groups in total. The number of nitrogens with zero attached hydrogens (tertiary/aromatic N) is 1. The highest BCUT2D eigenvalue weighted by Gasteiger charge is 2.21. The summed E-state index contributed by atoms with van der Waals surface area (Å²) in [7, 11) is 3.32. The van der Waals surface area contributed by atoms with Crippen LogP contribution in [0.4, 0.5) is 5.69 Å². The molecule has 0 aromatic heterocycles. The zero-order valence-electron chi connectivity index (χ0n) is 15.9. The quantitative estimate of drug-likeness (QED) is 0.843. The first-order valence-electron chi connectivity index (χ1n) is 9.35. The van der Waals surface area contributed by atoms with E-state index in [0.717, 1.165) is 55.5 Å². The van der Waals surface area contributed by atoms with E-state index in [2.05, 4.69) is 28.4 Å². The van der Waals surface area contributed by atoms with Crippen molar-refractivity contribution >= 4 is 5.69 Å². The van der Waals surface area contributed by atoms with E-state index in [1.165, 1.54) is 11.3 Å². The van der Waals surface area contributed by atoms with Gasteiger partial charge in [0.2, 0.25) is 6.79 Å². The van der Waals surface area contributed by atoms with Crippen LogP contribution in [-0.4, -0.2) is 40.1 Å². The second kappa shape index (κ2) is 7.96. The number of ether oxygens (including phenoxy) is 4. The van der Waals surface area contributed by atoms with E-state index in [4.69, 9.17) is 18.9 Å². The fraction of sp³-hybridized carbons (Fsp3) is 0.429. The molecule has 0 bridgehead atoms. The molecule has 0 radical (unpaired) electrons. The van der Waals surface area contributed by atoms with Crippen molar-refractivity contribution in [1.82, 2.24) is 5.32 Å². The summed E-state index contributed by atoms with van der Waals surface area (Å²) in [6.07, 6.45) is 2.23. The van der Waals surface area contributed by atoms with Gasteiger partial charge < -0.3 is 29.2 Å². The minimum atomic E-state index is 0.320. The maximum absolute atomic E-state index is 5.49. The highest BCUT2D eigenvalue weighted by molar-refractivity contribution is 5.57. The van der Waals surface area contributed by atoms with Crippen LogP contribution in [0.15, 0.2) is 36.4 Å². The second-order valence-electron chi connectivity index (χ2n) is 6.87. The number of benzene rings is 2. The van der Waals surface area contributed by atoms with E-state index in [1.54, 1.807) is 14.2 Å². The Hall–Kier alpha value is -2.60. The Labute approximate surface area is 160 Å². The standard InChI is InChI=1S/C21H26N2O4/c1-24-18-5-3-15(11-20(18)25-2)13-22-16-7-9-23(10-8-16)17-4-6-19-21(12-17)27-14-26-19/h3-6,11-12,16,22H,7-10,13-14H2,1-2H3. The largest absolute Gasteiger partial charge is 0.493 e. The number of methoxy groups -OCH3 is 2. The number of hydrogen-bond acceptors (Lipinski definition) is 6. The predicted molar refractivity (Wildman–Crippen MR) is 104 cm³/mol. The van der Waals surface area contributed by atoms with Crippen molar-refractivity contribution in [2.45, 2.75) is 25.4 Å². The van der Waals surface area contributed by atoms with Crippen molar-refractivity contribution in [3.8, 4) is 23.0 Å². The van der Waals surface area contributed by atoms with Gasteiger partial charge in [-0.3, -0.25) is 0 Å². The van der Waals surface area contributed by atoms with Crippen molar-refractivity contribution < 1.29 is 18.9 Å². The van der Waals surface area contributed by atoms with Gasteiger partial charge in [0, 0.05) is 37.4 Å². The molecule has 0 spiro atoms. The van der Waals surface area contributed by atoms with Gasteiger partial charge in [-0.15, -0.1) is 0 Å². The molecule has 6 nitrogen and oxygen atoms in total. The summed E-state index contributed by atoms with van der Waals surface area (Å²) in [5.41, 5.74) is 2.41. The van der Waals surface area contributed by atoms with Gasteiger partial charge in [-0.05, 0) is 42.7 Å². The van der Waals surface area contributed by atoms with Crippen molar-refractivity contribution in [3.63, 3.8) is 0 Å². The van der Waals surface area contributed by atoms with E-state index in [9.17, 15) is 0 Å². The van der Waals surface area contributed by atoms with Crippen molar-refractivity contribution in [1.29, 1.82) is 0 Å². The van der Waals surface area contributed by atoms with E-state index >= 15 is 0 Å². The highest BCUT2D eigenvalue weighted by atomic mass is 16.7. The lowest BCUT2D eigenvalue weighted by Gasteiger charge is -2.34. The second-order valence-corrected chi connectivity index (χ2v) is 6.87. The van der Waals surface area contributed by atoms with Crippen molar-refractivity contribution in [2.24, 2.45) is 0 Å². The van der Waals surface area contributed by atoms with Gasteiger partial charge in [0.05, 0.1) is 14.2 Å². The molecular weight excluding hydrogens is 344 g/mol. The highest BCUT2D eigenvalue weighted by Crippen LogP contribution is 2.36. The number of piperidine rings is 1. The molecular formula is C21H26N2O4. The molecule has 2 aromatic carbocycles. The predicted octanol–water partition coefficient (Wildman–Crippen LogP) is 3.19. The Morgan fingerprint density at radius 3 is 2.52 bits per heavy atom. The van der Waals surface area contributed by atoms with Crippen LogP contribution in [0.2, 0.25) is 0 Å². The van der Waals surface area contributed by atoms with Crippen LogP contribution in [0.1, 0.15) is 18.4 Å². The molecule has 1 fully saturated rings. The van der Waals surface area contributed by atoms with Gasteiger partial charge in [0.1, 0.15) is 0 Å². The van der Waals surface area contributed by atoms with Gasteiger partial charge in [0.25, 0.3) is 0 Å². The number of rotatable bonds is 6. The molecule has 144 valence electrons. The smallest absolute Gasteiger partial charge is 0.231 e. The molecule has 6 heteroatoms. The first kappa shape index (κ1) is 17.8. The molecule has 27 heavy (non-hydrogen) atoms. The molecule has 2 aromatic rings. The maximum atomic E-state index is 5.49. The fourth-order valence-electron chi connectivity index (χ4n) is 3.68. The van der Waals surface area contributed by atoms with Crippen molar-refractivity contribution in [2.75, 3.05) is 39.0 Å². The number of fused-ring (bicyclic) bond motifs is 1. The third-order valence-electron chi connectivity index (χ3n) is 5.26. The van der Waals surface area contributed by atoms with Crippen LogP contribution in [0.3, 0.4) is 0 Å². The Kier molecular flexibility index (Phi) is 5.25. The minimum Gasteiger partial charge on any atom is -0.493 e. The van der Waals surface area contributed by atoms with Gasteiger partial charge in [-0.2, -0.15) is 0 Å². The summed E-state index contributed by atoms with van der Waals surface area (Å²) in [4.78, 5) is 2.41. The molecule has 2 heterocycles. The third-order valence-corrected chi connectivity index (χ3v) is 5.26. The molecule has 0 amide bonds. The maximum Gasteiger partial charge on any atom is 0.231 e. The van der Waals surface area contributed by atoms with Crippen LogP contribution in [0.25, 0.3) is 0 Å². The van der Waals surface area contributed by atoms with Crippen LogP contribution in [-0.2, 0) is 6.54 Å². The summed E-state index contributed by atoms with van der Waals surface area (Å²) in [5, 5.41) is 3.67. The SMILES string of the molecule is COc1ccc(CNC2CCN(c3ccc4c(c3)OCO4)CC2)cc1OC. The Bertz CT molecular complexity index is 788. The molecule has 2 aliphatic rings. The molecule has 0 aliphatic carbocycles. The summed E-state index contributed by atoms with van der Waals surface area (Å²) in [5.74, 6) is 3.22. The lowest BCUT2D eigenvalue weighted by molar-refractivity contribution is 0.174. The van der Waals surface area contributed by atoms with Crippen molar-refractivity contribution in [3.05, 3.63) is 42.0 Å². The topological polar surface area (TPSA) is 52.2 Å². The van der Waals surface area contributed by atoms with E-state index < -0.39 is 0 Å². The molecule has 4 rings (SSSR count). The molecule has 0 unspecified atom stereocenters. The molecule has 1 saturated heterocycles. The lowest BCUT2D eigenvalue weighted by atomic mass is 10.0. The average molecular weight is 370 g/mol. The molecule has 0 atom stereocenters. The summed E-state index contributed by atoms with van der Waals surface area (Å²) < 4.78 is 21.6. The lowest BCUT2D eigenvalue weighted by Crippen LogP contribution is -2.42.